The zero-order valence-corrected chi connectivity index (χ0v) is 14.9. The predicted octanol–water partition coefficient (Wildman–Crippen LogP) is 2.01. The molecule has 2 amide bonds. The molecule has 1 aromatic carbocycles. The van der Waals surface area contributed by atoms with Gasteiger partial charge in [0.1, 0.15) is 5.75 Å². The minimum Gasteiger partial charge on any atom is -0.496 e. The SMILES string of the molecule is COc1ccccc1C(=O)N1CCCN(C(=O)Cc2cccnc2)CC1. The summed E-state index contributed by atoms with van der Waals surface area (Å²) in [4.78, 5) is 33.1. The molecule has 6 heteroatoms. The summed E-state index contributed by atoms with van der Waals surface area (Å²) in [6.45, 7) is 2.36. The highest BCUT2D eigenvalue weighted by Gasteiger charge is 2.24. The van der Waals surface area contributed by atoms with Crippen LogP contribution in [0, 0.1) is 0 Å². The Kier molecular flexibility index (Phi) is 5.84. The van der Waals surface area contributed by atoms with Gasteiger partial charge in [-0.25, -0.2) is 0 Å². The van der Waals surface area contributed by atoms with Gasteiger partial charge in [0.15, 0.2) is 0 Å². The molecule has 0 radical (unpaired) electrons. The number of ether oxygens (including phenoxy) is 1. The Hall–Kier alpha value is -2.89. The van der Waals surface area contributed by atoms with Gasteiger partial charge < -0.3 is 14.5 Å². The topological polar surface area (TPSA) is 62.7 Å². The van der Waals surface area contributed by atoms with Gasteiger partial charge in [0.2, 0.25) is 5.91 Å². The summed E-state index contributed by atoms with van der Waals surface area (Å²) in [6, 6.07) is 11.0. The quantitative estimate of drug-likeness (QED) is 0.843. The first-order chi connectivity index (χ1) is 12.7. The zero-order valence-electron chi connectivity index (χ0n) is 14.9. The summed E-state index contributed by atoms with van der Waals surface area (Å²) in [5, 5.41) is 0. The molecule has 0 spiro atoms. The maximum atomic E-state index is 12.8. The van der Waals surface area contributed by atoms with Crippen LogP contribution in [0.3, 0.4) is 0 Å². The average Bonchev–Trinajstić information content (AvgIpc) is 2.94. The van der Waals surface area contributed by atoms with Crippen molar-refractivity contribution in [2.75, 3.05) is 33.3 Å². The van der Waals surface area contributed by atoms with Crippen LogP contribution < -0.4 is 4.74 Å². The summed E-state index contributed by atoms with van der Waals surface area (Å²) < 4.78 is 5.30. The Balaban J connectivity index is 1.62. The van der Waals surface area contributed by atoms with Gasteiger partial charge in [-0.3, -0.25) is 14.6 Å². The van der Waals surface area contributed by atoms with E-state index in [1.807, 2.05) is 29.2 Å². The fourth-order valence-corrected chi connectivity index (χ4v) is 3.15. The Bertz CT molecular complexity index is 764. The first-order valence-electron chi connectivity index (χ1n) is 8.78. The van der Waals surface area contributed by atoms with Crippen molar-refractivity contribution in [1.29, 1.82) is 0 Å². The number of hydrogen-bond acceptors (Lipinski definition) is 4. The number of amides is 2. The Morgan fingerprint density at radius 3 is 2.58 bits per heavy atom. The van der Waals surface area contributed by atoms with E-state index in [1.54, 1.807) is 36.5 Å². The maximum absolute atomic E-state index is 12.8. The van der Waals surface area contributed by atoms with Crippen LogP contribution in [0.1, 0.15) is 22.3 Å². The molecule has 0 N–H and O–H groups in total. The van der Waals surface area contributed by atoms with Gasteiger partial charge >= 0.3 is 0 Å². The first-order valence-corrected chi connectivity index (χ1v) is 8.78. The van der Waals surface area contributed by atoms with Crippen LogP contribution in [0.4, 0.5) is 0 Å². The van der Waals surface area contributed by atoms with Crippen LogP contribution in [0.5, 0.6) is 5.75 Å². The number of benzene rings is 1. The van der Waals surface area contributed by atoms with Crippen LogP contribution in [0.15, 0.2) is 48.8 Å². The molecule has 26 heavy (non-hydrogen) atoms. The number of carbonyl (C=O) groups is 2. The second-order valence-corrected chi connectivity index (χ2v) is 6.26. The van der Waals surface area contributed by atoms with Crippen molar-refractivity contribution in [3.63, 3.8) is 0 Å². The number of rotatable bonds is 4. The fraction of sp³-hybridized carbons (Fsp3) is 0.350. The summed E-state index contributed by atoms with van der Waals surface area (Å²) in [5.41, 5.74) is 1.47. The van der Waals surface area contributed by atoms with Crippen molar-refractivity contribution >= 4 is 11.8 Å². The molecule has 2 heterocycles. The van der Waals surface area contributed by atoms with E-state index in [4.69, 9.17) is 4.74 Å². The Labute approximate surface area is 153 Å². The van der Waals surface area contributed by atoms with Crippen LogP contribution in [-0.2, 0) is 11.2 Å². The molecule has 1 aliphatic rings. The van der Waals surface area contributed by atoms with Crippen molar-refractivity contribution in [2.45, 2.75) is 12.8 Å². The van der Waals surface area contributed by atoms with Gasteiger partial charge in [-0.05, 0) is 30.2 Å². The lowest BCUT2D eigenvalue weighted by molar-refractivity contribution is -0.130. The molecule has 1 aliphatic heterocycles. The number of hydrogen-bond donors (Lipinski definition) is 0. The number of nitrogens with zero attached hydrogens (tertiary/aromatic N) is 3. The first kappa shape index (κ1) is 17.9. The third-order valence-electron chi connectivity index (χ3n) is 4.55. The summed E-state index contributed by atoms with van der Waals surface area (Å²) in [5.74, 6) is 0.597. The molecule has 2 aromatic rings. The van der Waals surface area contributed by atoms with E-state index in [0.29, 0.717) is 43.9 Å². The third kappa shape index (κ3) is 4.20. The van der Waals surface area contributed by atoms with E-state index in [-0.39, 0.29) is 11.8 Å². The number of aromatic nitrogens is 1. The molecule has 1 saturated heterocycles. The molecular formula is C20H23N3O3. The molecule has 3 rings (SSSR count). The largest absolute Gasteiger partial charge is 0.496 e. The zero-order chi connectivity index (χ0) is 18.4. The van der Waals surface area contributed by atoms with Gasteiger partial charge in [0.05, 0.1) is 19.1 Å². The molecule has 136 valence electrons. The van der Waals surface area contributed by atoms with Crippen LogP contribution in [-0.4, -0.2) is 59.9 Å². The second-order valence-electron chi connectivity index (χ2n) is 6.26. The lowest BCUT2D eigenvalue weighted by Crippen LogP contribution is -2.38. The monoisotopic (exact) mass is 353 g/mol. The van der Waals surface area contributed by atoms with E-state index in [0.717, 1.165) is 12.0 Å². The molecule has 0 atom stereocenters. The molecule has 6 nitrogen and oxygen atoms in total. The minimum atomic E-state index is -0.0518. The van der Waals surface area contributed by atoms with Gasteiger partial charge in [0.25, 0.3) is 5.91 Å². The molecule has 0 aliphatic carbocycles. The highest BCUT2D eigenvalue weighted by molar-refractivity contribution is 5.97. The number of carbonyl (C=O) groups excluding carboxylic acids is 2. The van der Waals surface area contributed by atoms with Crippen molar-refractivity contribution in [3.8, 4) is 5.75 Å². The normalized spacial score (nSPS) is 14.7. The maximum Gasteiger partial charge on any atom is 0.257 e. The number of pyridine rings is 1. The highest BCUT2D eigenvalue weighted by Crippen LogP contribution is 2.20. The van der Waals surface area contributed by atoms with E-state index in [1.165, 1.54) is 0 Å². The minimum absolute atomic E-state index is 0.0518. The average molecular weight is 353 g/mol. The Morgan fingerprint density at radius 2 is 1.81 bits per heavy atom. The van der Waals surface area contributed by atoms with Crippen molar-refractivity contribution in [3.05, 3.63) is 59.9 Å². The van der Waals surface area contributed by atoms with Gasteiger partial charge in [-0.1, -0.05) is 18.2 Å². The molecule has 1 fully saturated rings. The van der Waals surface area contributed by atoms with Crippen molar-refractivity contribution < 1.29 is 14.3 Å². The molecule has 0 bridgehead atoms. The van der Waals surface area contributed by atoms with Gasteiger partial charge in [-0.2, -0.15) is 0 Å². The lowest BCUT2D eigenvalue weighted by Gasteiger charge is -2.23. The second kappa shape index (κ2) is 8.47. The molecule has 1 aromatic heterocycles. The molecule has 0 saturated carbocycles. The van der Waals surface area contributed by atoms with Crippen LogP contribution in [0.25, 0.3) is 0 Å². The lowest BCUT2D eigenvalue weighted by atomic mass is 10.1. The van der Waals surface area contributed by atoms with Crippen molar-refractivity contribution in [1.82, 2.24) is 14.8 Å². The number of para-hydroxylation sites is 1. The van der Waals surface area contributed by atoms with E-state index >= 15 is 0 Å². The predicted molar refractivity (Wildman–Crippen MR) is 98.0 cm³/mol. The standard InChI is InChI=1S/C20H23N3O3/c1-26-18-8-3-2-7-17(18)20(25)23-11-5-10-22(12-13-23)19(24)14-16-6-4-9-21-15-16/h2-4,6-9,15H,5,10-14H2,1H3. The highest BCUT2D eigenvalue weighted by atomic mass is 16.5. The van der Waals surface area contributed by atoms with Gasteiger partial charge in [-0.15, -0.1) is 0 Å². The summed E-state index contributed by atoms with van der Waals surface area (Å²) in [7, 11) is 1.56. The van der Waals surface area contributed by atoms with Gasteiger partial charge in [0, 0.05) is 38.6 Å². The Morgan fingerprint density at radius 1 is 1.04 bits per heavy atom. The molecular weight excluding hydrogens is 330 g/mol. The summed E-state index contributed by atoms with van der Waals surface area (Å²) in [6.07, 6.45) is 4.52. The van der Waals surface area contributed by atoms with E-state index in [9.17, 15) is 9.59 Å². The smallest absolute Gasteiger partial charge is 0.257 e. The van der Waals surface area contributed by atoms with E-state index in [2.05, 4.69) is 4.98 Å². The third-order valence-corrected chi connectivity index (χ3v) is 4.55. The van der Waals surface area contributed by atoms with Crippen LogP contribution in [0.2, 0.25) is 0 Å². The molecule has 0 unspecified atom stereocenters. The van der Waals surface area contributed by atoms with E-state index < -0.39 is 0 Å². The number of methoxy groups -OCH3 is 1. The summed E-state index contributed by atoms with van der Waals surface area (Å²) >= 11 is 0. The fourth-order valence-electron chi connectivity index (χ4n) is 3.15. The van der Waals surface area contributed by atoms with Crippen molar-refractivity contribution in [2.24, 2.45) is 0 Å². The van der Waals surface area contributed by atoms with Crippen LogP contribution >= 0.6 is 0 Å².